The molecule has 1 N–H and O–H groups in total. The first-order chi connectivity index (χ1) is 13.6. The summed E-state index contributed by atoms with van der Waals surface area (Å²) in [7, 11) is 1.96. The molecule has 0 spiro atoms. The van der Waals surface area contributed by atoms with Gasteiger partial charge in [-0.3, -0.25) is 4.79 Å². The minimum absolute atomic E-state index is 0.0716. The van der Waals surface area contributed by atoms with Gasteiger partial charge in [0, 0.05) is 18.7 Å². The molecule has 1 aliphatic rings. The summed E-state index contributed by atoms with van der Waals surface area (Å²) >= 11 is 1.42. The fourth-order valence-electron chi connectivity index (χ4n) is 2.81. The van der Waals surface area contributed by atoms with E-state index in [2.05, 4.69) is 15.5 Å². The molecule has 1 fully saturated rings. The normalized spacial score (nSPS) is 14.5. The standard InChI is InChI=1S/C21H22N4O2S/c1-14(28-21-24-23-19(25(21)2)15-8-9-15)20(26)22-16-10-12-18(13-11-16)27-17-6-4-3-5-7-17/h3-7,10-15H,8-9H2,1-2H3,(H,22,26)/t14-/m0/s1. The Morgan fingerprint density at radius 2 is 1.79 bits per heavy atom. The van der Waals surface area contributed by atoms with Crippen LogP contribution in [0.15, 0.2) is 59.8 Å². The van der Waals surface area contributed by atoms with Crippen LogP contribution >= 0.6 is 11.8 Å². The summed E-state index contributed by atoms with van der Waals surface area (Å²) in [6.07, 6.45) is 2.35. The second-order valence-electron chi connectivity index (χ2n) is 6.86. The van der Waals surface area contributed by atoms with Gasteiger partial charge < -0.3 is 14.6 Å². The SMILES string of the molecule is C[C@H](Sc1nnc(C2CC2)n1C)C(=O)Nc1ccc(Oc2ccccc2)cc1. The van der Waals surface area contributed by atoms with E-state index in [0.29, 0.717) is 5.92 Å². The number of benzene rings is 2. The predicted molar refractivity (Wildman–Crippen MR) is 110 cm³/mol. The number of rotatable bonds is 7. The molecule has 144 valence electrons. The lowest BCUT2D eigenvalue weighted by atomic mass is 10.3. The fourth-order valence-corrected chi connectivity index (χ4v) is 3.63. The molecule has 1 amide bonds. The highest BCUT2D eigenvalue weighted by Crippen LogP contribution is 2.39. The van der Waals surface area contributed by atoms with Gasteiger partial charge in [-0.25, -0.2) is 0 Å². The van der Waals surface area contributed by atoms with Gasteiger partial charge in [-0.15, -0.1) is 10.2 Å². The molecule has 0 bridgehead atoms. The van der Waals surface area contributed by atoms with E-state index in [9.17, 15) is 4.79 Å². The average Bonchev–Trinajstić information content (AvgIpc) is 3.48. The van der Waals surface area contributed by atoms with Crippen molar-refractivity contribution in [1.82, 2.24) is 14.8 Å². The highest BCUT2D eigenvalue weighted by molar-refractivity contribution is 8.00. The van der Waals surface area contributed by atoms with Crippen molar-refractivity contribution in [1.29, 1.82) is 0 Å². The van der Waals surface area contributed by atoms with Crippen LogP contribution in [0.3, 0.4) is 0 Å². The zero-order valence-electron chi connectivity index (χ0n) is 15.8. The van der Waals surface area contributed by atoms with Crippen LogP contribution < -0.4 is 10.1 Å². The van der Waals surface area contributed by atoms with Crippen LogP contribution in [-0.4, -0.2) is 25.9 Å². The van der Waals surface area contributed by atoms with E-state index in [0.717, 1.165) is 28.2 Å². The molecule has 28 heavy (non-hydrogen) atoms. The Balaban J connectivity index is 1.33. The van der Waals surface area contributed by atoms with Crippen molar-refractivity contribution in [3.05, 3.63) is 60.4 Å². The van der Waals surface area contributed by atoms with E-state index in [1.54, 1.807) is 0 Å². The smallest absolute Gasteiger partial charge is 0.237 e. The molecule has 2 aromatic carbocycles. The Bertz CT molecular complexity index is 952. The number of ether oxygens (including phenoxy) is 1. The molecular weight excluding hydrogens is 372 g/mol. The summed E-state index contributed by atoms with van der Waals surface area (Å²) in [6.45, 7) is 1.87. The molecule has 1 aliphatic carbocycles. The second kappa shape index (κ2) is 8.06. The second-order valence-corrected chi connectivity index (χ2v) is 8.17. The number of hydrogen-bond acceptors (Lipinski definition) is 5. The quantitative estimate of drug-likeness (QED) is 0.593. The molecule has 1 saturated carbocycles. The van der Waals surface area contributed by atoms with Crippen molar-refractivity contribution in [3.63, 3.8) is 0 Å². The molecular formula is C21H22N4O2S. The van der Waals surface area contributed by atoms with Gasteiger partial charge in [0.25, 0.3) is 0 Å². The number of hydrogen-bond donors (Lipinski definition) is 1. The molecule has 0 saturated heterocycles. The molecule has 3 aromatic rings. The molecule has 4 rings (SSSR count). The van der Waals surface area contributed by atoms with Crippen LogP contribution in [0.25, 0.3) is 0 Å². The first-order valence-corrected chi connectivity index (χ1v) is 10.2. The van der Waals surface area contributed by atoms with Crippen molar-refractivity contribution in [3.8, 4) is 11.5 Å². The number of carbonyl (C=O) groups is 1. The number of nitrogens with one attached hydrogen (secondary N) is 1. The fraction of sp³-hybridized carbons (Fsp3) is 0.286. The maximum Gasteiger partial charge on any atom is 0.237 e. The van der Waals surface area contributed by atoms with Gasteiger partial charge in [0.05, 0.1) is 5.25 Å². The molecule has 1 aromatic heterocycles. The number of anilines is 1. The van der Waals surface area contributed by atoms with Gasteiger partial charge in [0.2, 0.25) is 5.91 Å². The third-order valence-electron chi connectivity index (χ3n) is 4.56. The third-order valence-corrected chi connectivity index (χ3v) is 5.70. The zero-order chi connectivity index (χ0) is 19.5. The largest absolute Gasteiger partial charge is 0.457 e. The zero-order valence-corrected chi connectivity index (χ0v) is 16.6. The number of nitrogens with zero attached hydrogens (tertiary/aromatic N) is 3. The summed E-state index contributed by atoms with van der Waals surface area (Å²) in [5, 5.41) is 11.9. The lowest BCUT2D eigenvalue weighted by molar-refractivity contribution is -0.115. The molecule has 0 aliphatic heterocycles. The number of aromatic nitrogens is 3. The van der Waals surface area contributed by atoms with Crippen LogP contribution in [-0.2, 0) is 11.8 Å². The molecule has 7 heteroatoms. The predicted octanol–water partition coefficient (Wildman–Crippen LogP) is 4.60. The van der Waals surface area contributed by atoms with E-state index < -0.39 is 0 Å². The van der Waals surface area contributed by atoms with E-state index in [1.165, 1.54) is 24.6 Å². The van der Waals surface area contributed by atoms with Gasteiger partial charge in [-0.1, -0.05) is 30.0 Å². The molecule has 1 atom stereocenters. The number of thioether (sulfide) groups is 1. The maximum absolute atomic E-state index is 12.5. The average molecular weight is 395 g/mol. The van der Waals surface area contributed by atoms with Gasteiger partial charge in [0.1, 0.15) is 17.3 Å². The number of amides is 1. The first kappa shape index (κ1) is 18.6. The van der Waals surface area contributed by atoms with Crippen LogP contribution in [0.4, 0.5) is 5.69 Å². The molecule has 0 unspecified atom stereocenters. The van der Waals surface area contributed by atoms with Crippen LogP contribution in [0, 0.1) is 0 Å². The van der Waals surface area contributed by atoms with Gasteiger partial charge >= 0.3 is 0 Å². The highest BCUT2D eigenvalue weighted by atomic mass is 32.2. The van der Waals surface area contributed by atoms with Crippen molar-refractivity contribution >= 4 is 23.4 Å². The minimum Gasteiger partial charge on any atom is -0.457 e. The van der Waals surface area contributed by atoms with E-state index in [1.807, 2.05) is 73.1 Å². The lowest BCUT2D eigenvalue weighted by Gasteiger charge is -2.12. The van der Waals surface area contributed by atoms with E-state index >= 15 is 0 Å². The third kappa shape index (κ3) is 4.36. The van der Waals surface area contributed by atoms with Crippen LogP contribution in [0.2, 0.25) is 0 Å². The summed E-state index contributed by atoms with van der Waals surface area (Å²) in [4.78, 5) is 12.5. The van der Waals surface area contributed by atoms with E-state index in [-0.39, 0.29) is 11.2 Å². The summed E-state index contributed by atoms with van der Waals surface area (Å²) in [5.41, 5.74) is 0.731. The Morgan fingerprint density at radius 1 is 1.11 bits per heavy atom. The van der Waals surface area contributed by atoms with Gasteiger partial charge in [0.15, 0.2) is 5.16 Å². The Hall–Kier alpha value is -2.80. The van der Waals surface area contributed by atoms with Gasteiger partial charge in [-0.2, -0.15) is 0 Å². The lowest BCUT2D eigenvalue weighted by Crippen LogP contribution is -2.22. The first-order valence-electron chi connectivity index (χ1n) is 9.30. The van der Waals surface area contributed by atoms with Crippen molar-refractivity contribution in [2.75, 3.05) is 5.32 Å². The Labute approximate surface area is 168 Å². The van der Waals surface area contributed by atoms with Crippen molar-refractivity contribution in [2.45, 2.75) is 36.1 Å². The Kier molecular flexibility index (Phi) is 5.34. The topological polar surface area (TPSA) is 69.0 Å². The Morgan fingerprint density at radius 3 is 2.46 bits per heavy atom. The van der Waals surface area contributed by atoms with Crippen LogP contribution in [0.5, 0.6) is 11.5 Å². The minimum atomic E-state index is -0.282. The summed E-state index contributed by atoms with van der Waals surface area (Å²) in [6, 6.07) is 16.9. The van der Waals surface area contributed by atoms with Crippen LogP contribution in [0.1, 0.15) is 31.5 Å². The summed E-state index contributed by atoms with van der Waals surface area (Å²) < 4.78 is 7.77. The molecule has 1 heterocycles. The van der Waals surface area contributed by atoms with Crippen molar-refractivity contribution < 1.29 is 9.53 Å². The maximum atomic E-state index is 12.5. The molecule has 6 nitrogen and oxygen atoms in total. The number of carbonyl (C=O) groups excluding carboxylic acids is 1. The van der Waals surface area contributed by atoms with Crippen molar-refractivity contribution in [2.24, 2.45) is 7.05 Å². The highest BCUT2D eigenvalue weighted by Gasteiger charge is 2.30. The monoisotopic (exact) mass is 394 g/mol. The van der Waals surface area contributed by atoms with Gasteiger partial charge in [-0.05, 0) is 56.2 Å². The molecule has 0 radical (unpaired) electrons. The number of para-hydroxylation sites is 1. The summed E-state index contributed by atoms with van der Waals surface area (Å²) in [5.74, 6) is 2.98. The van der Waals surface area contributed by atoms with E-state index in [4.69, 9.17) is 4.74 Å².